The molecule has 1 nitrogen and oxygen atoms in total. The zero-order valence-corrected chi connectivity index (χ0v) is 7.71. The Kier molecular flexibility index (Phi) is 1.92. The van der Waals surface area contributed by atoms with Crippen molar-refractivity contribution in [1.29, 1.82) is 0 Å². The van der Waals surface area contributed by atoms with Crippen molar-refractivity contribution in [3.8, 4) is 0 Å². The fourth-order valence-electron chi connectivity index (χ4n) is 2.32. The average Bonchev–Trinajstić information content (AvgIpc) is 1.73. The van der Waals surface area contributed by atoms with E-state index in [-0.39, 0.29) is 0 Å². The van der Waals surface area contributed by atoms with Crippen LogP contribution in [0.25, 0.3) is 0 Å². The van der Waals surface area contributed by atoms with Gasteiger partial charge in [-0.2, -0.15) is 0 Å². The van der Waals surface area contributed by atoms with Gasteiger partial charge in [-0.1, -0.05) is 20.3 Å². The molecule has 1 saturated carbocycles. The molecule has 1 heteroatoms. The third-order valence-corrected chi connectivity index (χ3v) is 3.42. The van der Waals surface area contributed by atoms with E-state index in [1.54, 1.807) is 0 Å². The Morgan fingerprint density at radius 1 is 1.18 bits per heavy atom. The minimum Gasteiger partial charge on any atom is -0.297 e. The number of likely N-dealkylation sites (tertiary alicyclic amines) is 1. The predicted molar refractivity (Wildman–Crippen MR) is 47.6 cm³/mol. The van der Waals surface area contributed by atoms with Crippen molar-refractivity contribution in [3.63, 3.8) is 0 Å². The molecular weight excluding hydrogens is 134 g/mol. The summed E-state index contributed by atoms with van der Waals surface area (Å²) in [5.41, 5.74) is 0. The quantitative estimate of drug-likeness (QED) is 0.588. The molecule has 0 aromatic carbocycles. The Bertz CT molecular complexity index is 138. The normalized spacial score (nSPS) is 33.5. The zero-order valence-electron chi connectivity index (χ0n) is 7.71. The number of hydrogen-bond donors (Lipinski definition) is 0. The molecule has 2 rings (SSSR count). The molecule has 0 N–H and O–H groups in total. The molecule has 1 unspecified atom stereocenters. The van der Waals surface area contributed by atoms with Crippen LogP contribution in [0.5, 0.6) is 0 Å². The van der Waals surface area contributed by atoms with Crippen LogP contribution in [0.3, 0.4) is 0 Å². The van der Waals surface area contributed by atoms with E-state index in [4.69, 9.17) is 0 Å². The number of nitrogens with zero attached hydrogens (tertiary/aromatic N) is 1. The number of hydrogen-bond acceptors (Lipinski definition) is 1. The molecule has 1 heterocycles. The molecular formula is C10H19N. The van der Waals surface area contributed by atoms with Crippen molar-refractivity contribution < 1.29 is 0 Å². The van der Waals surface area contributed by atoms with Crippen molar-refractivity contribution in [2.24, 2.45) is 5.92 Å². The standard InChI is InChI=1S/C10H19N/c1-8(2)10-6-7-11(10)9-4-3-5-9/h8-10H,3-7H2,1-2H3. The third kappa shape index (κ3) is 1.20. The summed E-state index contributed by atoms with van der Waals surface area (Å²) in [6.07, 6.45) is 5.88. The minimum atomic E-state index is 0.879. The van der Waals surface area contributed by atoms with E-state index in [1.165, 1.54) is 32.2 Å². The van der Waals surface area contributed by atoms with Gasteiger partial charge in [0, 0.05) is 18.6 Å². The van der Waals surface area contributed by atoms with Crippen molar-refractivity contribution in [2.75, 3.05) is 6.54 Å². The van der Waals surface area contributed by atoms with Gasteiger partial charge in [-0.15, -0.1) is 0 Å². The van der Waals surface area contributed by atoms with Crippen LogP contribution in [0.1, 0.15) is 39.5 Å². The maximum Gasteiger partial charge on any atom is 0.0133 e. The molecule has 1 aliphatic heterocycles. The van der Waals surface area contributed by atoms with E-state index in [0.29, 0.717) is 0 Å². The highest BCUT2D eigenvalue weighted by Crippen LogP contribution is 2.34. The third-order valence-electron chi connectivity index (χ3n) is 3.42. The smallest absolute Gasteiger partial charge is 0.0133 e. The van der Waals surface area contributed by atoms with Gasteiger partial charge >= 0.3 is 0 Å². The van der Waals surface area contributed by atoms with Gasteiger partial charge in [0.05, 0.1) is 0 Å². The maximum absolute atomic E-state index is 2.73. The van der Waals surface area contributed by atoms with Gasteiger partial charge in [0.15, 0.2) is 0 Å². The summed E-state index contributed by atoms with van der Waals surface area (Å²) in [6.45, 7) is 6.10. The van der Waals surface area contributed by atoms with Crippen molar-refractivity contribution >= 4 is 0 Å². The van der Waals surface area contributed by atoms with E-state index < -0.39 is 0 Å². The van der Waals surface area contributed by atoms with Crippen LogP contribution in [0.2, 0.25) is 0 Å². The number of rotatable bonds is 2. The van der Waals surface area contributed by atoms with E-state index >= 15 is 0 Å². The topological polar surface area (TPSA) is 3.24 Å². The first-order valence-corrected chi connectivity index (χ1v) is 5.05. The molecule has 1 atom stereocenters. The highest BCUT2D eigenvalue weighted by molar-refractivity contribution is 4.92. The van der Waals surface area contributed by atoms with E-state index in [9.17, 15) is 0 Å². The summed E-state index contributed by atoms with van der Waals surface area (Å²) >= 11 is 0. The summed E-state index contributed by atoms with van der Waals surface area (Å²) in [5, 5.41) is 0. The summed E-state index contributed by atoms with van der Waals surface area (Å²) in [6, 6.07) is 1.91. The Morgan fingerprint density at radius 2 is 1.91 bits per heavy atom. The summed E-state index contributed by atoms with van der Waals surface area (Å²) in [4.78, 5) is 2.73. The minimum absolute atomic E-state index is 0.879. The van der Waals surface area contributed by atoms with E-state index in [2.05, 4.69) is 18.7 Å². The van der Waals surface area contributed by atoms with Gasteiger partial charge < -0.3 is 0 Å². The lowest BCUT2D eigenvalue weighted by Crippen LogP contribution is -2.57. The monoisotopic (exact) mass is 153 g/mol. The summed E-state index contributed by atoms with van der Waals surface area (Å²) in [7, 11) is 0. The van der Waals surface area contributed by atoms with Gasteiger partial charge in [0.2, 0.25) is 0 Å². The molecule has 0 bridgehead atoms. The van der Waals surface area contributed by atoms with Crippen LogP contribution in [0, 0.1) is 5.92 Å². The fourth-order valence-corrected chi connectivity index (χ4v) is 2.32. The van der Waals surface area contributed by atoms with Crippen LogP contribution >= 0.6 is 0 Å². The molecule has 64 valence electrons. The van der Waals surface area contributed by atoms with Crippen LogP contribution in [-0.2, 0) is 0 Å². The van der Waals surface area contributed by atoms with Crippen molar-refractivity contribution in [3.05, 3.63) is 0 Å². The van der Waals surface area contributed by atoms with Gasteiger partial charge in [-0.3, -0.25) is 4.90 Å². The molecule has 2 aliphatic rings. The van der Waals surface area contributed by atoms with Crippen LogP contribution < -0.4 is 0 Å². The second-order valence-electron chi connectivity index (χ2n) is 4.42. The SMILES string of the molecule is CC(C)C1CCN1C1CCC1. The fraction of sp³-hybridized carbons (Fsp3) is 1.00. The average molecular weight is 153 g/mol. The molecule has 1 aliphatic carbocycles. The molecule has 2 fully saturated rings. The van der Waals surface area contributed by atoms with E-state index in [0.717, 1.165) is 18.0 Å². The van der Waals surface area contributed by atoms with Gasteiger partial charge in [0.25, 0.3) is 0 Å². The molecule has 11 heavy (non-hydrogen) atoms. The first-order chi connectivity index (χ1) is 5.29. The summed E-state index contributed by atoms with van der Waals surface area (Å²) in [5.74, 6) is 0.879. The second-order valence-corrected chi connectivity index (χ2v) is 4.42. The zero-order chi connectivity index (χ0) is 7.84. The molecule has 0 aromatic heterocycles. The van der Waals surface area contributed by atoms with Crippen LogP contribution in [0.4, 0.5) is 0 Å². The lowest BCUT2D eigenvalue weighted by atomic mass is 9.83. The highest BCUT2D eigenvalue weighted by atomic mass is 15.2. The Balaban J connectivity index is 1.85. The molecule has 0 amide bonds. The lowest BCUT2D eigenvalue weighted by Gasteiger charge is -2.51. The Hall–Kier alpha value is -0.0400. The Labute approximate surface area is 69.8 Å². The molecule has 1 saturated heterocycles. The van der Waals surface area contributed by atoms with E-state index in [1.807, 2.05) is 0 Å². The highest BCUT2D eigenvalue weighted by Gasteiger charge is 2.37. The van der Waals surface area contributed by atoms with Gasteiger partial charge in [0.1, 0.15) is 0 Å². The first kappa shape index (κ1) is 7.60. The maximum atomic E-state index is 2.73. The molecule has 0 radical (unpaired) electrons. The Morgan fingerprint density at radius 3 is 2.18 bits per heavy atom. The second kappa shape index (κ2) is 2.78. The lowest BCUT2D eigenvalue weighted by molar-refractivity contribution is -0.0173. The van der Waals surface area contributed by atoms with Crippen LogP contribution in [0.15, 0.2) is 0 Å². The van der Waals surface area contributed by atoms with Gasteiger partial charge in [-0.05, 0) is 25.2 Å². The molecule has 0 aromatic rings. The largest absolute Gasteiger partial charge is 0.297 e. The molecule has 0 spiro atoms. The van der Waals surface area contributed by atoms with Crippen LogP contribution in [-0.4, -0.2) is 23.5 Å². The predicted octanol–water partition coefficient (Wildman–Crippen LogP) is 2.27. The van der Waals surface area contributed by atoms with Gasteiger partial charge in [-0.25, -0.2) is 0 Å². The van der Waals surface area contributed by atoms with Crippen molar-refractivity contribution in [1.82, 2.24) is 4.90 Å². The van der Waals surface area contributed by atoms with Crippen molar-refractivity contribution in [2.45, 2.75) is 51.6 Å². The first-order valence-electron chi connectivity index (χ1n) is 5.05. The summed E-state index contributed by atoms with van der Waals surface area (Å²) < 4.78 is 0.